The second-order valence-electron chi connectivity index (χ2n) is 2.89. The summed E-state index contributed by atoms with van der Waals surface area (Å²) in [6.45, 7) is -2.41. The molecule has 0 aromatic rings. The van der Waals surface area contributed by atoms with Crippen LogP contribution in [-0.4, -0.2) is 49.5 Å². The lowest BCUT2D eigenvalue weighted by molar-refractivity contribution is -0.146. The number of nitrogens with zero attached hydrogens (tertiary/aromatic N) is 1. The number of likely N-dealkylation sites (N-methyl/N-ethyl adjacent to an activating group) is 1. The molecule has 0 aliphatic heterocycles. The summed E-state index contributed by atoms with van der Waals surface area (Å²) in [6.07, 6.45) is -7.87. The summed E-state index contributed by atoms with van der Waals surface area (Å²) in [6, 6.07) is 0. The highest BCUT2D eigenvalue weighted by Crippen LogP contribution is 2.12. The second-order valence-corrected chi connectivity index (χ2v) is 2.89. The molecule has 0 aromatic heterocycles. The quantitative estimate of drug-likeness (QED) is 0.731. The molecule has 0 radical (unpaired) electrons. The van der Waals surface area contributed by atoms with Crippen LogP contribution in [0.5, 0.6) is 0 Å². The Balaban J connectivity index is 4.02. The molecule has 4 nitrogen and oxygen atoms in total. The van der Waals surface area contributed by atoms with Gasteiger partial charge in [0.15, 0.2) is 0 Å². The van der Waals surface area contributed by atoms with Gasteiger partial charge in [0.1, 0.15) is 6.54 Å². The number of halogens is 5. The third kappa shape index (κ3) is 6.14. The molecule has 2 amide bonds. The van der Waals surface area contributed by atoms with Crippen LogP contribution < -0.4 is 5.32 Å². The molecule has 0 aliphatic rings. The van der Waals surface area contributed by atoms with Gasteiger partial charge in [-0.05, 0) is 0 Å². The van der Waals surface area contributed by atoms with Crippen molar-refractivity contribution in [3.8, 4) is 0 Å². The van der Waals surface area contributed by atoms with Crippen molar-refractivity contribution in [3.05, 3.63) is 0 Å². The minimum absolute atomic E-state index is 0.344. The van der Waals surface area contributed by atoms with Gasteiger partial charge >= 0.3 is 12.6 Å². The highest BCUT2D eigenvalue weighted by molar-refractivity contribution is 5.85. The van der Waals surface area contributed by atoms with E-state index in [1.54, 1.807) is 0 Å². The third-order valence-corrected chi connectivity index (χ3v) is 1.43. The molecule has 0 bridgehead atoms. The first kappa shape index (κ1) is 14.6. The summed E-state index contributed by atoms with van der Waals surface area (Å²) in [4.78, 5) is 21.7. The van der Waals surface area contributed by atoms with E-state index in [2.05, 4.69) is 0 Å². The number of amides is 2. The fraction of sp³-hybridized carbons (Fsp3) is 0.714. The van der Waals surface area contributed by atoms with E-state index < -0.39 is 37.5 Å². The van der Waals surface area contributed by atoms with Gasteiger partial charge in [-0.15, -0.1) is 0 Å². The van der Waals surface area contributed by atoms with Crippen LogP contribution in [0, 0.1) is 0 Å². The Morgan fingerprint density at radius 1 is 1.31 bits per heavy atom. The lowest BCUT2D eigenvalue weighted by Crippen LogP contribution is -2.43. The van der Waals surface area contributed by atoms with Crippen LogP contribution in [0.1, 0.15) is 0 Å². The summed E-state index contributed by atoms with van der Waals surface area (Å²) in [5.74, 6) is -2.78. The van der Waals surface area contributed by atoms with Gasteiger partial charge in [-0.1, -0.05) is 0 Å². The molecule has 94 valence electrons. The van der Waals surface area contributed by atoms with Crippen LogP contribution in [0.25, 0.3) is 0 Å². The highest BCUT2D eigenvalue weighted by Gasteiger charge is 2.28. The van der Waals surface area contributed by atoms with Crippen molar-refractivity contribution in [2.75, 3.05) is 20.1 Å². The minimum atomic E-state index is -4.58. The Bertz CT molecular complexity index is 266. The maximum atomic E-state index is 11.8. The fourth-order valence-corrected chi connectivity index (χ4v) is 0.715. The standard InChI is InChI=1S/C7H9F5N2O2/c1-14(6(16)5(8)9)2-4(15)13-3-7(10,11)12/h5H,2-3H2,1H3,(H,13,15). The van der Waals surface area contributed by atoms with E-state index in [1.807, 2.05) is 0 Å². The van der Waals surface area contributed by atoms with E-state index in [0.29, 0.717) is 4.90 Å². The summed E-state index contributed by atoms with van der Waals surface area (Å²) < 4.78 is 58.5. The third-order valence-electron chi connectivity index (χ3n) is 1.43. The SMILES string of the molecule is CN(CC(=O)NCC(F)(F)F)C(=O)C(F)F. The second kappa shape index (κ2) is 5.61. The first-order valence-electron chi connectivity index (χ1n) is 4.00. The summed E-state index contributed by atoms with van der Waals surface area (Å²) in [7, 11) is 0.891. The van der Waals surface area contributed by atoms with E-state index in [-0.39, 0.29) is 0 Å². The summed E-state index contributed by atoms with van der Waals surface area (Å²) in [5.41, 5.74) is 0. The zero-order valence-electron chi connectivity index (χ0n) is 8.15. The average Bonchev–Trinajstić information content (AvgIpc) is 2.12. The van der Waals surface area contributed by atoms with Gasteiger partial charge in [0.25, 0.3) is 5.91 Å². The van der Waals surface area contributed by atoms with Gasteiger partial charge in [0.2, 0.25) is 5.91 Å². The first-order chi connectivity index (χ1) is 7.13. The van der Waals surface area contributed by atoms with E-state index in [9.17, 15) is 31.5 Å². The van der Waals surface area contributed by atoms with Gasteiger partial charge in [-0.2, -0.15) is 22.0 Å². The molecular weight excluding hydrogens is 239 g/mol. The molecule has 0 unspecified atom stereocenters. The summed E-state index contributed by atoms with van der Waals surface area (Å²) in [5, 5.41) is 1.44. The molecule has 0 atom stereocenters. The molecule has 1 N–H and O–H groups in total. The van der Waals surface area contributed by atoms with Crippen LogP contribution in [0.4, 0.5) is 22.0 Å². The molecule has 0 fully saturated rings. The van der Waals surface area contributed by atoms with Crippen molar-refractivity contribution in [1.82, 2.24) is 10.2 Å². The van der Waals surface area contributed by atoms with Crippen molar-refractivity contribution in [3.63, 3.8) is 0 Å². The number of hydrogen-bond acceptors (Lipinski definition) is 2. The van der Waals surface area contributed by atoms with Crippen molar-refractivity contribution < 1.29 is 31.5 Å². The lowest BCUT2D eigenvalue weighted by Gasteiger charge is -2.16. The molecule has 0 rings (SSSR count). The Hall–Kier alpha value is -1.41. The Morgan fingerprint density at radius 2 is 1.81 bits per heavy atom. The molecule has 9 heteroatoms. The van der Waals surface area contributed by atoms with Crippen molar-refractivity contribution in [2.45, 2.75) is 12.6 Å². The predicted molar refractivity (Wildman–Crippen MR) is 42.7 cm³/mol. The normalized spacial score (nSPS) is 11.4. The van der Waals surface area contributed by atoms with Gasteiger partial charge in [0.05, 0.1) is 6.54 Å². The largest absolute Gasteiger partial charge is 0.405 e. The van der Waals surface area contributed by atoms with Gasteiger partial charge < -0.3 is 10.2 Å². The smallest absolute Gasteiger partial charge is 0.345 e. The zero-order chi connectivity index (χ0) is 12.9. The maximum absolute atomic E-state index is 11.8. The van der Waals surface area contributed by atoms with Gasteiger partial charge in [0, 0.05) is 7.05 Å². The number of carbonyl (C=O) groups is 2. The maximum Gasteiger partial charge on any atom is 0.405 e. The van der Waals surface area contributed by atoms with Gasteiger partial charge in [-0.3, -0.25) is 9.59 Å². The Labute approximate surface area is 87.4 Å². The molecule has 0 saturated heterocycles. The van der Waals surface area contributed by atoms with E-state index >= 15 is 0 Å². The van der Waals surface area contributed by atoms with E-state index in [0.717, 1.165) is 7.05 Å². The van der Waals surface area contributed by atoms with Crippen molar-refractivity contribution >= 4 is 11.8 Å². The number of alkyl halides is 5. The lowest BCUT2D eigenvalue weighted by atomic mass is 10.4. The van der Waals surface area contributed by atoms with Crippen LogP contribution in [0.2, 0.25) is 0 Å². The average molecular weight is 248 g/mol. The van der Waals surface area contributed by atoms with Crippen LogP contribution in [-0.2, 0) is 9.59 Å². The van der Waals surface area contributed by atoms with Crippen LogP contribution in [0.15, 0.2) is 0 Å². The number of hydrogen-bond donors (Lipinski definition) is 1. The molecule has 0 saturated carbocycles. The molecule has 0 aromatic carbocycles. The molecule has 0 spiro atoms. The van der Waals surface area contributed by atoms with Gasteiger partial charge in [-0.25, -0.2) is 0 Å². The van der Waals surface area contributed by atoms with Crippen LogP contribution in [0.3, 0.4) is 0 Å². The number of rotatable bonds is 4. The predicted octanol–water partition coefficient (Wildman–Crippen LogP) is 0.388. The minimum Gasteiger partial charge on any atom is -0.345 e. The number of carbonyl (C=O) groups excluding carboxylic acids is 2. The summed E-state index contributed by atoms with van der Waals surface area (Å²) >= 11 is 0. The molecular formula is C7H9F5N2O2. The van der Waals surface area contributed by atoms with Crippen molar-refractivity contribution in [2.24, 2.45) is 0 Å². The van der Waals surface area contributed by atoms with Crippen molar-refractivity contribution in [1.29, 1.82) is 0 Å². The monoisotopic (exact) mass is 248 g/mol. The topological polar surface area (TPSA) is 49.4 Å². The van der Waals surface area contributed by atoms with E-state index in [4.69, 9.17) is 0 Å². The molecule has 0 aliphatic carbocycles. The first-order valence-corrected chi connectivity index (χ1v) is 4.00. The Kier molecular flexibility index (Phi) is 5.12. The molecule has 16 heavy (non-hydrogen) atoms. The molecule has 0 heterocycles. The zero-order valence-corrected chi connectivity index (χ0v) is 8.15. The van der Waals surface area contributed by atoms with Crippen LogP contribution >= 0.6 is 0 Å². The Morgan fingerprint density at radius 3 is 2.19 bits per heavy atom. The number of nitrogens with one attached hydrogen (secondary N) is 1. The fourth-order valence-electron chi connectivity index (χ4n) is 0.715. The van der Waals surface area contributed by atoms with E-state index in [1.165, 1.54) is 5.32 Å². The highest BCUT2D eigenvalue weighted by atomic mass is 19.4.